The Morgan fingerprint density at radius 1 is 0.556 bits per heavy atom. The minimum Gasteiger partial charge on any atom is -0.507 e. The maximum Gasteiger partial charge on any atom is 0.344 e. The molecule has 6 heteroatoms. The summed E-state index contributed by atoms with van der Waals surface area (Å²) in [6.07, 6.45) is 1.42. The van der Waals surface area contributed by atoms with Crippen molar-refractivity contribution in [3.05, 3.63) is 153 Å². The van der Waals surface area contributed by atoms with Gasteiger partial charge >= 0.3 is 5.97 Å². The van der Waals surface area contributed by atoms with E-state index in [1.807, 2.05) is 91.0 Å². The van der Waals surface area contributed by atoms with Crippen LogP contribution in [0.15, 0.2) is 103 Å². The Morgan fingerprint density at radius 3 is 1.24 bits per heavy atom. The molecule has 0 aromatic heterocycles. The quantitative estimate of drug-likeness (QED) is 0.182. The Bertz CT molecular complexity index is 1680. The molecule has 0 unspecified atom stereocenters. The van der Waals surface area contributed by atoms with E-state index in [-0.39, 0.29) is 30.5 Å². The lowest BCUT2D eigenvalue weighted by Gasteiger charge is -2.19. The number of aromatic hydroxyl groups is 3. The molecule has 0 fully saturated rings. The first-order valence-electron chi connectivity index (χ1n) is 15.1. The van der Waals surface area contributed by atoms with Crippen molar-refractivity contribution in [3.63, 3.8) is 0 Å². The van der Waals surface area contributed by atoms with Gasteiger partial charge in [-0.05, 0) is 58.4 Å². The third-order valence-electron chi connectivity index (χ3n) is 7.89. The summed E-state index contributed by atoms with van der Waals surface area (Å²) in [4.78, 5) is 12.1. The second kappa shape index (κ2) is 14.5. The monoisotopic (exact) mass is 602 g/mol. The molecule has 0 aliphatic heterocycles. The van der Waals surface area contributed by atoms with Crippen LogP contribution in [-0.4, -0.2) is 34.5 Å². The van der Waals surface area contributed by atoms with Crippen LogP contribution in [0.5, 0.6) is 23.0 Å². The zero-order valence-corrected chi connectivity index (χ0v) is 25.6. The highest BCUT2D eigenvalue weighted by atomic mass is 16.6. The van der Waals surface area contributed by atoms with Crippen molar-refractivity contribution in [1.29, 1.82) is 0 Å². The third-order valence-corrected chi connectivity index (χ3v) is 7.89. The molecule has 0 amide bonds. The maximum atomic E-state index is 12.1. The number of fused-ring (bicyclic) bond motifs is 8. The highest BCUT2D eigenvalue weighted by Gasteiger charge is 2.20. The van der Waals surface area contributed by atoms with Crippen LogP contribution in [0.1, 0.15) is 57.0 Å². The Labute approximate surface area is 264 Å². The molecule has 6 rings (SSSR count). The fraction of sp³-hybridized carbons (Fsp3) is 0.205. The van der Waals surface area contributed by atoms with Crippen LogP contribution in [0.3, 0.4) is 0 Å². The molecule has 230 valence electrons. The van der Waals surface area contributed by atoms with Gasteiger partial charge in [0.2, 0.25) is 0 Å². The van der Waals surface area contributed by atoms with Crippen LogP contribution in [0.4, 0.5) is 0 Å². The number of para-hydroxylation sites is 4. The minimum atomic E-state index is -0.467. The molecular weight excluding hydrogens is 564 g/mol. The van der Waals surface area contributed by atoms with Gasteiger partial charge in [-0.1, -0.05) is 109 Å². The van der Waals surface area contributed by atoms with E-state index in [1.165, 1.54) is 5.56 Å². The predicted octanol–water partition coefficient (Wildman–Crippen LogP) is 7.42. The first kappa shape index (κ1) is 31.2. The Kier molecular flexibility index (Phi) is 10.1. The summed E-state index contributed by atoms with van der Waals surface area (Å²) in [5, 5.41) is 33.5. The van der Waals surface area contributed by atoms with Crippen molar-refractivity contribution in [1.82, 2.24) is 0 Å². The molecule has 3 N–H and O–H groups in total. The van der Waals surface area contributed by atoms with Gasteiger partial charge in [0.1, 0.15) is 23.0 Å². The normalized spacial score (nSPS) is 12.0. The van der Waals surface area contributed by atoms with Gasteiger partial charge in [-0.15, -0.1) is 0 Å². The summed E-state index contributed by atoms with van der Waals surface area (Å²) >= 11 is 0. The number of ether oxygens (including phenoxy) is 2. The second-order valence-electron chi connectivity index (χ2n) is 11.1. The number of hydrogen-bond donors (Lipinski definition) is 3. The molecule has 45 heavy (non-hydrogen) atoms. The number of carbonyl (C=O) groups excluding carboxylic acids is 1. The van der Waals surface area contributed by atoms with Crippen molar-refractivity contribution in [2.24, 2.45) is 0 Å². The van der Waals surface area contributed by atoms with E-state index >= 15 is 0 Å². The van der Waals surface area contributed by atoms with E-state index < -0.39 is 5.97 Å². The molecule has 0 heterocycles. The van der Waals surface area contributed by atoms with Crippen LogP contribution in [0.25, 0.3) is 0 Å². The molecule has 5 aromatic carbocycles. The maximum absolute atomic E-state index is 12.1. The second-order valence-corrected chi connectivity index (χ2v) is 11.1. The fourth-order valence-corrected chi connectivity index (χ4v) is 5.58. The Balaban J connectivity index is 0.000000505. The molecule has 1 aliphatic rings. The Hall–Kier alpha value is -5.23. The number of phenolic OH excluding ortho intramolecular Hbond substituents is 3. The number of phenols is 3. The van der Waals surface area contributed by atoms with Crippen molar-refractivity contribution >= 4 is 5.97 Å². The average Bonchev–Trinajstić information content (AvgIpc) is 3.03. The van der Waals surface area contributed by atoms with E-state index in [2.05, 4.69) is 19.1 Å². The minimum absolute atomic E-state index is 0.161. The molecule has 0 spiro atoms. The van der Waals surface area contributed by atoms with Gasteiger partial charge < -0.3 is 24.8 Å². The molecular formula is C39H38O6. The lowest BCUT2D eigenvalue weighted by molar-refractivity contribution is -0.145. The number of rotatable bonds is 4. The molecule has 1 aliphatic carbocycles. The van der Waals surface area contributed by atoms with Crippen LogP contribution in [0, 0.1) is 6.92 Å². The van der Waals surface area contributed by atoms with E-state index in [9.17, 15) is 20.1 Å². The van der Waals surface area contributed by atoms with Crippen LogP contribution < -0.4 is 4.74 Å². The average molecular weight is 603 g/mol. The topological polar surface area (TPSA) is 96.2 Å². The summed E-state index contributed by atoms with van der Waals surface area (Å²) in [5.74, 6) is 0.549. The first-order chi connectivity index (χ1) is 21.8. The van der Waals surface area contributed by atoms with Gasteiger partial charge in [0, 0.05) is 25.7 Å². The van der Waals surface area contributed by atoms with E-state index in [1.54, 1.807) is 6.92 Å². The molecule has 0 radical (unpaired) electrons. The largest absolute Gasteiger partial charge is 0.507 e. The van der Waals surface area contributed by atoms with Crippen LogP contribution >= 0.6 is 0 Å². The highest BCUT2D eigenvalue weighted by Crippen LogP contribution is 2.37. The van der Waals surface area contributed by atoms with Crippen molar-refractivity contribution in [3.8, 4) is 23.0 Å². The zero-order chi connectivity index (χ0) is 31.8. The van der Waals surface area contributed by atoms with E-state index in [4.69, 9.17) is 9.47 Å². The van der Waals surface area contributed by atoms with Crippen LogP contribution in [0.2, 0.25) is 0 Å². The lowest BCUT2D eigenvalue weighted by atomic mass is 9.91. The van der Waals surface area contributed by atoms with Crippen molar-refractivity contribution in [2.75, 3.05) is 13.2 Å². The van der Waals surface area contributed by atoms with E-state index in [0.717, 1.165) is 11.1 Å². The SMILES string of the molecule is CCOC(=O)COc1c2cccc1Cc1cccc(c1O)Cc1cccc(c1O)Cc1cccc(c1O)C2.Cc1ccccc1. The van der Waals surface area contributed by atoms with Gasteiger partial charge in [-0.2, -0.15) is 0 Å². The molecule has 0 saturated carbocycles. The number of esters is 1. The van der Waals surface area contributed by atoms with Crippen molar-refractivity contribution in [2.45, 2.75) is 39.5 Å². The third kappa shape index (κ3) is 7.65. The number of benzene rings is 5. The summed E-state index contributed by atoms with van der Waals surface area (Å²) in [7, 11) is 0. The molecule has 0 atom stereocenters. The number of hydrogen-bond acceptors (Lipinski definition) is 6. The molecule has 8 bridgehead atoms. The van der Waals surface area contributed by atoms with Gasteiger partial charge in [-0.3, -0.25) is 0 Å². The van der Waals surface area contributed by atoms with Crippen LogP contribution in [-0.2, 0) is 35.2 Å². The van der Waals surface area contributed by atoms with Crippen molar-refractivity contribution < 1.29 is 29.6 Å². The number of aryl methyl sites for hydroxylation is 1. The van der Waals surface area contributed by atoms with Gasteiger partial charge in [0.05, 0.1) is 6.61 Å². The van der Waals surface area contributed by atoms with Gasteiger partial charge in [0.15, 0.2) is 6.61 Å². The molecule has 6 nitrogen and oxygen atoms in total. The van der Waals surface area contributed by atoms with E-state index in [0.29, 0.717) is 64.8 Å². The molecule has 5 aromatic rings. The smallest absolute Gasteiger partial charge is 0.344 e. The summed E-state index contributed by atoms with van der Waals surface area (Å²) in [5.41, 5.74) is 7.09. The lowest BCUT2D eigenvalue weighted by Crippen LogP contribution is -2.16. The van der Waals surface area contributed by atoms with Gasteiger partial charge in [0.25, 0.3) is 0 Å². The Morgan fingerprint density at radius 2 is 0.911 bits per heavy atom. The number of carbonyl (C=O) groups is 1. The highest BCUT2D eigenvalue weighted by molar-refractivity contribution is 5.71. The predicted molar refractivity (Wildman–Crippen MR) is 175 cm³/mol. The summed E-state index contributed by atoms with van der Waals surface area (Å²) in [6, 6.07) is 32.7. The zero-order valence-electron chi connectivity index (χ0n) is 25.6. The molecule has 0 saturated heterocycles. The summed E-state index contributed by atoms with van der Waals surface area (Å²) in [6.45, 7) is 3.84. The summed E-state index contributed by atoms with van der Waals surface area (Å²) < 4.78 is 11.1. The first-order valence-corrected chi connectivity index (χ1v) is 15.1. The van der Waals surface area contributed by atoms with Gasteiger partial charge in [-0.25, -0.2) is 4.79 Å². The fourth-order valence-electron chi connectivity index (χ4n) is 5.58. The standard InChI is InChI=1S/C32H30O6.C7H8/c1-2-37-28(33)19-38-32-26-13-6-14-27(32)18-25-12-5-10-23(31(25)36)16-21-8-3-7-20(29(21)34)15-22-9-4-11-24(17-26)30(22)35;1-7-5-3-2-4-6-7/h3-14,34-36H,2,15-19H2,1H3;2-6H,1H3.